The van der Waals surface area contributed by atoms with Crippen LogP contribution in [-0.2, 0) is 26.7 Å². The van der Waals surface area contributed by atoms with E-state index in [4.69, 9.17) is 14.2 Å². The summed E-state index contributed by atoms with van der Waals surface area (Å²) in [4.78, 5) is 25.8. The third-order valence-electron chi connectivity index (χ3n) is 4.46. The zero-order valence-corrected chi connectivity index (χ0v) is 17.9. The van der Waals surface area contributed by atoms with E-state index in [0.29, 0.717) is 27.5 Å². The monoisotopic (exact) mass is 439 g/mol. The number of nitrogens with one attached hydrogen (secondary N) is 1. The maximum Gasteiger partial charge on any atom is 0.341 e. The summed E-state index contributed by atoms with van der Waals surface area (Å²) in [6.07, 6.45) is 0.217. The van der Waals surface area contributed by atoms with Crippen LogP contribution in [0.5, 0.6) is 11.5 Å². The van der Waals surface area contributed by atoms with Crippen molar-refractivity contribution in [3.63, 3.8) is 0 Å². The van der Waals surface area contributed by atoms with Crippen LogP contribution in [0.2, 0.25) is 0 Å². The van der Waals surface area contributed by atoms with Crippen LogP contribution in [0.25, 0.3) is 0 Å². The SMILES string of the molecule is CCOC(=O)c1c(NC(=O)c2ccc(OC)c(OC)c2)sc2c1CCS(=O)(=O)C2. The lowest BCUT2D eigenvalue weighted by molar-refractivity contribution is 0.0527. The van der Waals surface area contributed by atoms with E-state index in [-0.39, 0.29) is 35.1 Å². The number of methoxy groups -OCH3 is 2. The van der Waals surface area contributed by atoms with Crippen LogP contribution in [-0.4, -0.2) is 46.9 Å². The van der Waals surface area contributed by atoms with E-state index in [2.05, 4.69) is 5.32 Å². The molecule has 0 aliphatic carbocycles. The number of amides is 1. The summed E-state index contributed by atoms with van der Waals surface area (Å²) < 4.78 is 39.5. The van der Waals surface area contributed by atoms with Crippen LogP contribution in [0.15, 0.2) is 18.2 Å². The molecule has 0 atom stereocenters. The Bertz CT molecular complexity index is 1060. The number of hydrogen-bond donors (Lipinski definition) is 1. The second kappa shape index (κ2) is 8.42. The predicted molar refractivity (Wildman–Crippen MR) is 109 cm³/mol. The number of carbonyl (C=O) groups is 2. The molecule has 1 aromatic carbocycles. The largest absolute Gasteiger partial charge is 0.493 e. The molecule has 1 aliphatic heterocycles. The van der Waals surface area contributed by atoms with Gasteiger partial charge in [-0.05, 0) is 37.1 Å². The van der Waals surface area contributed by atoms with Crippen molar-refractivity contribution >= 4 is 38.1 Å². The molecule has 1 amide bonds. The van der Waals surface area contributed by atoms with E-state index >= 15 is 0 Å². The highest BCUT2D eigenvalue weighted by molar-refractivity contribution is 7.90. The first kappa shape index (κ1) is 21.1. The summed E-state index contributed by atoms with van der Waals surface area (Å²) in [5.41, 5.74) is 1.16. The molecule has 156 valence electrons. The molecule has 0 radical (unpaired) electrons. The standard InChI is InChI=1S/C19H21NO7S2/c1-4-27-19(22)16-12-7-8-29(23,24)10-15(12)28-18(16)20-17(21)11-5-6-13(25-2)14(9-11)26-3/h5-6,9H,4,7-8,10H2,1-3H3,(H,20,21). The average Bonchev–Trinajstić information content (AvgIpc) is 3.03. The molecule has 0 saturated heterocycles. The summed E-state index contributed by atoms with van der Waals surface area (Å²) in [6, 6.07) is 4.70. The van der Waals surface area contributed by atoms with Gasteiger partial charge in [-0.3, -0.25) is 4.79 Å². The third kappa shape index (κ3) is 4.38. The first-order valence-electron chi connectivity index (χ1n) is 8.85. The number of carbonyl (C=O) groups excluding carboxylic acids is 2. The van der Waals surface area contributed by atoms with E-state index in [9.17, 15) is 18.0 Å². The fourth-order valence-corrected chi connectivity index (χ4v) is 6.12. The number of ether oxygens (including phenoxy) is 3. The van der Waals surface area contributed by atoms with Gasteiger partial charge in [-0.15, -0.1) is 11.3 Å². The molecule has 0 bridgehead atoms. The molecule has 0 unspecified atom stereocenters. The summed E-state index contributed by atoms with van der Waals surface area (Å²) in [5, 5.41) is 3.01. The minimum atomic E-state index is -3.22. The number of sulfone groups is 1. The molecule has 2 heterocycles. The summed E-state index contributed by atoms with van der Waals surface area (Å²) in [7, 11) is -0.262. The van der Waals surface area contributed by atoms with Gasteiger partial charge < -0.3 is 19.5 Å². The van der Waals surface area contributed by atoms with Crippen LogP contribution in [0.4, 0.5) is 5.00 Å². The molecular formula is C19H21NO7S2. The molecule has 8 nitrogen and oxygen atoms in total. The molecule has 2 aromatic rings. The van der Waals surface area contributed by atoms with E-state index in [0.717, 1.165) is 11.3 Å². The van der Waals surface area contributed by atoms with Crippen LogP contribution >= 0.6 is 11.3 Å². The first-order valence-corrected chi connectivity index (χ1v) is 11.5. The fourth-order valence-electron chi connectivity index (χ4n) is 3.08. The molecular weight excluding hydrogens is 418 g/mol. The van der Waals surface area contributed by atoms with Crippen molar-refractivity contribution in [2.75, 3.05) is 31.9 Å². The zero-order chi connectivity index (χ0) is 21.2. The van der Waals surface area contributed by atoms with Crippen molar-refractivity contribution in [1.29, 1.82) is 0 Å². The highest BCUT2D eigenvalue weighted by Gasteiger charge is 2.32. The van der Waals surface area contributed by atoms with Gasteiger partial charge in [-0.25, -0.2) is 13.2 Å². The molecule has 1 aromatic heterocycles. The highest BCUT2D eigenvalue weighted by Crippen LogP contribution is 2.39. The maximum atomic E-state index is 12.8. The van der Waals surface area contributed by atoms with E-state index in [1.165, 1.54) is 20.3 Å². The second-order valence-corrected chi connectivity index (χ2v) is 9.58. The Kier molecular flexibility index (Phi) is 6.13. The van der Waals surface area contributed by atoms with Crippen molar-refractivity contribution in [3.05, 3.63) is 39.8 Å². The normalized spacial score (nSPS) is 14.6. The molecule has 0 saturated carbocycles. The summed E-state index contributed by atoms with van der Waals surface area (Å²) >= 11 is 1.09. The number of fused-ring (bicyclic) bond motifs is 1. The Morgan fingerprint density at radius 1 is 1.17 bits per heavy atom. The number of esters is 1. The predicted octanol–water partition coefficient (Wildman–Crippen LogP) is 2.67. The maximum absolute atomic E-state index is 12.8. The highest BCUT2D eigenvalue weighted by atomic mass is 32.2. The number of rotatable bonds is 6. The van der Waals surface area contributed by atoms with Crippen LogP contribution < -0.4 is 14.8 Å². The van der Waals surface area contributed by atoms with Crippen LogP contribution in [0.3, 0.4) is 0 Å². The molecule has 1 aliphatic rings. The Morgan fingerprint density at radius 2 is 1.90 bits per heavy atom. The van der Waals surface area contributed by atoms with Crippen molar-refractivity contribution in [1.82, 2.24) is 0 Å². The lowest BCUT2D eigenvalue weighted by Crippen LogP contribution is -2.20. The van der Waals surface area contributed by atoms with Gasteiger partial charge in [0.05, 0.1) is 37.9 Å². The minimum Gasteiger partial charge on any atom is -0.493 e. The smallest absolute Gasteiger partial charge is 0.341 e. The van der Waals surface area contributed by atoms with Gasteiger partial charge in [0.1, 0.15) is 5.00 Å². The fraction of sp³-hybridized carbons (Fsp3) is 0.368. The summed E-state index contributed by atoms with van der Waals surface area (Å²) in [6.45, 7) is 1.86. The average molecular weight is 440 g/mol. The Balaban J connectivity index is 1.97. The zero-order valence-electron chi connectivity index (χ0n) is 16.2. The van der Waals surface area contributed by atoms with Crippen molar-refractivity contribution in [3.8, 4) is 11.5 Å². The molecule has 0 spiro atoms. The molecule has 3 rings (SSSR count). The van der Waals surface area contributed by atoms with Gasteiger partial charge in [0, 0.05) is 10.4 Å². The van der Waals surface area contributed by atoms with Gasteiger partial charge in [-0.1, -0.05) is 0 Å². The quantitative estimate of drug-likeness (QED) is 0.690. The van der Waals surface area contributed by atoms with Gasteiger partial charge in [0.25, 0.3) is 5.91 Å². The van der Waals surface area contributed by atoms with Crippen molar-refractivity contribution in [2.45, 2.75) is 19.1 Å². The van der Waals surface area contributed by atoms with Crippen LogP contribution in [0.1, 0.15) is 38.1 Å². The lowest BCUT2D eigenvalue weighted by atomic mass is 10.1. The van der Waals surface area contributed by atoms with E-state index in [1.807, 2.05) is 0 Å². The first-order chi connectivity index (χ1) is 13.8. The molecule has 10 heteroatoms. The Morgan fingerprint density at radius 3 is 2.55 bits per heavy atom. The number of hydrogen-bond acceptors (Lipinski definition) is 8. The van der Waals surface area contributed by atoms with E-state index < -0.39 is 21.7 Å². The second-order valence-electron chi connectivity index (χ2n) is 6.29. The van der Waals surface area contributed by atoms with Crippen molar-refractivity contribution < 1.29 is 32.2 Å². The van der Waals surface area contributed by atoms with Gasteiger partial charge in [0.15, 0.2) is 21.3 Å². The molecule has 29 heavy (non-hydrogen) atoms. The Labute approximate surface area is 172 Å². The van der Waals surface area contributed by atoms with Crippen LogP contribution in [0, 0.1) is 0 Å². The Hall–Kier alpha value is -2.59. The summed E-state index contributed by atoms with van der Waals surface area (Å²) in [5.74, 6) is -0.349. The van der Waals surface area contributed by atoms with Gasteiger partial charge in [0.2, 0.25) is 0 Å². The molecule has 0 fully saturated rings. The van der Waals surface area contributed by atoms with E-state index in [1.54, 1.807) is 19.1 Å². The third-order valence-corrected chi connectivity index (χ3v) is 7.34. The topological polar surface area (TPSA) is 108 Å². The number of anilines is 1. The molecule has 1 N–H and O–H groups in total. The lowest BCUT2D eigenvalue weighted by Gasteiger charge is -2.13. The van der Waals surface area contributed by atoms with Gasteiger partial charge >= 0.3 is 5.97 Å². The number of benzene rings is 1. The van der Waals surface area contributed by atoms with Gasteiger partial charge in [-0.2, -0.15) is 0 Å². The number of thiophene rings is 1. The minimum absolute atomic E-state index is 0.0355. The van der Waals surface area contributed by atoms with Crippen molar-refractivity contribution in [2.24, 2.45) is 0 Å².